The SMILES string of the molecule is Cc1c(I)cccc1C(=O)NC1(CC(=O)O)CCOC1. The van der Waals surface area contributed by atoms with Gasteiger partial charge in [0, 0.05) is 15.7 Å². The van der Waals surface area contributed by atoms with E-state index in [0.717, 1.165) is 9.13 Å². The lowest BCUT2D eigenvalue weighted by molar-refractivity contribution is -0.138. The largest absolute Gasteiger partial charge is 0.481 e. The van der Waals surface area contributed by atoms with Gasteiger partial charge >= 0.3 is 5.97 Å². The molecule has 2 N–H and O–H groups in total. The van der Waals surface area contributed by atoms with Crippen molar-refractivity contribution in [3.8, 4) is 0 Å². The van der Waals surface area contributed by atoms with Crippen LogP contribution in [0.5, 0.6) is 0 Å². The lowest BCUT2D eigenvalue weighted by Crippen LogP contribution is -2.50. The Kier molecular flexibility index (Phi) is 4.64. The predicted molar refractivity (Wildman–Crippen MR) is 81.8 cm³/mol. The van der Waals surface area contributed by atoms with E-state index < -0.39 is 11.5 Å². The molecule has 0 saturated carbocycles. The molecular weight excluding hydrogens is 373 g/mol. The van der Waals surface area contributed by atoms with E-state index in [9.17, 15) is 9.59 Å². The summed E-state index contributed by atoms with van der Waals surface area (Å²) in [6.45, 7) is 2.60. The van der Waals surface area contributed by atoms with Crippen LogP contribution in [-0.4, -0.2) is 35.7 Å². The molecule has 0 bridgehead atoms. The summed E-state index contributed by atoms with van der Waals surface area (Å²) >= 11 is 2.17. The molecule has 1 aliphatic heterocycles. The number of amides is 1. The van der Waals surface area contributed by atoms with E-state index in [0.29, 0.717) is 18.6 Å². The van der Waals surface area contributed by atoms with Crippen LogP contribution in [0.3, 0.4) is 0 Å². The van der Waals surface area contributed by atoms with E-state index >= 15 is 0 Å². The fraction of sp³-hybridized carbons (Fsp3) is 0.429. The normalized spacial score (nSPS) is 21.7. The average Bonchev–Trinajstić information content (AvgIpc) is 2.79. The highest BCUT2D eigenvalue weighted by molar-refractivity contribution is 14.1. The second kappa shape index (κ2) is 6.09. The Balaban J connectivity index is 2.20. The van der Waals surface area contributed by atoms with Crippen LogP contribution < -0.4 is 5.32 Å². The number of benzene rings is 1. The Bertz CT molecular complexity index is 538. The predicted octanol–water partition coefficient (Wildman–Crippen LogP) is 1.96. The Hall–Kier alpha value is -1.15. The zero-order valence-corrected chi connectivity index (χ0v) is 13.3. The zero-order valence-electron chi connectivity index (χ0n) is 11.1. The molecule has 1 aromatic carbocycles. The van der Waals surface area contributed by atoms with E-state index in [-0.39, 0.29) is 18.9 Å². The zero-order chi connectivity index (χ0) is 14.8. The van der Waals surface area contributed by atoms with Gasteiger partial charge in [-0.3, -0.25) is 9.59 Å². The maximum absolute atomic E-state index is 12.4. The first-order valence-electron chi connectivity index (χ1n) is 6.31. The van der Waals surface area contributed by atoms with Crippen LogP contribution >= 0.6 is 22.6 Å². The van der Waals surface area contributed by atoms with Crippen molar-refractivity contribution in [2.24, 2.45) is 0 Å². The number of carboxylic acid groups (broad SMARTS) is 1. The molecule has 1 heterocycles. The Labute approximate surface area is 130 Å². The molecule has 1 atom stereocenters. The van der Waals surface area contributed by atoms with Crippen molar-refractivity contribution in [2.45, 2.75) is 25.3 Å². The third kappa shape index (κ3) is 3.29. The number of carboxylic acids is 1. The highest BCUT2D eigenvalue weighted by Gasteiger charge is 2.39. The second-order valence-corrected chi connectivity index (χ2v) is 6.18. The van der Waals surface area contributed by atoms with Gasteiger partial charge in [-0.25, -0.2) is 0 Å². The van der Waals surface area contributed by atoms with Gasteiger partial charge in [0.1, 0.15) is 0 Å². The number of carbonyl (C=O) groups is 2. The highest BCUT2D eigenvalue weighted by Crippen LogP contribution is 2.24. The van der Waals surface area contributed by atoms with Crippen LogP contribution in [0.4, 0.5) is 0 Å². The summed E-state index contributed by atoms with van der Waals surface area (Å²) in [6, 6.07) is 5.49. The lowest BCUT2D eigenvalue weighted by atomic mass is 9.93. The Morgan fingerprint density at radius 3 is 2.85 bits per heavy atom. The van der Waals surface area contributed by atoms with Gasteiger partial charge in [-0.1, -0.05) is 6.07 Å². The van der Waals surface area contributed by atoms with Gasteiger partial charge in [0.25, 0.3) is 5.91 Å². The van der Waals surface area contributed by atoms with E-state index in [1.165, 1.54) is 0 Å². The van der Waals surface area contributed by atoms with Crippen LogP contribution in [0, 0.1) is 10.5 Å². The molecule has 0 spiro atoms. The summed E-state index contributed by atoms with van der Waals surface area (Å²) < 4.78 is 6.28. The molecule has 6 heteroatoms. The number of carbonyl (C=O) groups excluding carboxylic acids is 1. The molecule has 1 fully saturated rings. The summed E-state index contributed by atoms with van der Waals surface area (Å²) in [5, 5.41) is 11.9. The van der Waals surface area contributed by atoms with Crippen LogP contribution in [0.2, 0.25) is 0 Å². The molecule has 1 saturated heterocycles. The number of aliphatic carboxylic acids is 1. The van der Waals surface area contributed by atoms with Gasteiger partial charge in [-0.2, -0.15) is 0 Å². The fourth-order valence-corrected chi connectivity index (χ4v) is 2.84. The molecule has 0 aromatic heterocycles. The van der Waals surface area contributed by atoms with E-state index in [1.54, 1.807) is 6.07 Å². The molecule has 1 unspecified atom stereocenters. The van der Waals surface area contributed by atoms with Gasteiger partial charge in [0.15, 0.2) is 0 Å². The topological polar surface area (TPSA) is 75.6 Å². The van der Waals surface area contributed by atoms with Gasteiger partial charge in [0.05, 0.1) is 18.6 Å². The Morgan fingerprint density at radius 1 is 1.50 bits per heavy atom. The summed E-state index contributed by atoms with van der Waals surface area (Å²) in [5.41, 5.74) is 0.681. The third-order valence-corrected chi connectivity index (χ3v) is 4.65. The molecule has 20 heavy (non-hydrogen) atoms. The van der Waals surface area contributed by atoms with Crippen LogP contribution in [0.1, 0.15) is 28.8 Å². The minimum Gasteiger partial charge on any atom is -0.481 e. The molecule has 0 aliphatic carbocycles. The van der Waals surface area contributed by atoms with E-state index in [1.807, 2.05) is 19.1 Å². The summed E-state index contributed by atoms with van der Waals surface area (Å²) in [6.07, 6.45) is 0.399. The van der Waals surface area contributed by atoms with Crippen molar-refractivity contribution in [1.29, 1.82) is 0 Å². The molecular formula is C14H16INO4. The third-order valence-electron chi connectivity index (χ3n) is 3.48. The van der Waals surface area contributed by atoms with Crippen molar-refractivity contribution in [2.75, 3.05) is 13.2 Å². The number of hydrogen-bond donors (Lipinski definition) is 2. The molecule has 5 nitrogen and oxygen atoms in total. The van der Waals surface area contributed by atoms with Crippen molar-refractivity contribution in [3.63, 3.8) is 0 Å². The minimum absolute atomic E-state index is 0.123. The minimum atomic E-state index is -0.935. The van der Waals surface area contributed by atoms with Gasteiger partial charge in [-0.15, -0.1) is 0 Å². The number of nitrogens with one attached hydrogen (secondary N) is 1. The maximum Gasteiger partial charge on any atom is 0.305 e. The first kappa shape index (κ1) is 15.2. The van der Waals surface area contributed by atoms with Crippen LogP contribution in [0.25, 0.3) is 0 Å². The summed E-state index contributed by atoms with van der Waals surface area (Å²) in [5.74, 6) is -1.18. The number of halogens is 1. The van der Waals surface area contributed by atoms with Gasteiger partial charge in [-0.05, 0) is 53.6 Å². The van der Waals surface area contributed by atoms with Crippen molar-refractivity contribution < 1.29 is 19.4 Å². The van der Waals surface area contributed by atoms with Gasteiger partial charge in [0.2, 0.25) is 0 Å². The summed E-state index contributed by atoms with van der Waals surface area (Å²) in [7, 11) is 0. The number of ether oxygens (including phenoxy) is 1. The molecule has 2 rings (SSSR count). The lowest BCUT2D eigenvalue weighted by Gasteiger charge is -2.27. The number of rotatable bonds is 4. The maximum atomic E-state index is 12.4. The van der Waals surface area contributed by atoms with E-state index in [4.69, 9.17) is 9.84 Å². The number of hydrogen-bond acceptors (Lipinski definition) is 3. The van der Waals surface area contributed by atoms with E-state index in [2.05, 4.69) is 27.9 Å². The second-order valence-electron chi connectivity index (χ2n) is 5.02. The first-order chi connectivity index (χ1) is 9.43. The quantitative estimate of drug-likeness (QED) is 0.773. The smallest absolute Gasteiger partial charge is 0.305 e. The van der Waals surface area contributed by atoms with Crippen LogP contribution in [0.15, 0.2) is 18.2 Å². The average molecular weight is 389 g/mol. The standard InChI is InChI=1S/C14H16INO4/c1-9-10(3-2-4-11(9)15)13(19)16-14(7-12(17)18)5-6-20-8-14/h2-4H,5-8H2,1H3,(H,16,19)(H,17,18). The monoisotopic (exact) mass is 389 g/mol. The highest BCUT2D eigenvalue weighted by atomic mass is 127. The first-order valence-corrected chi connectivity index (χ1v) is 7.39. The van der Waals surface area contributed by atoms with Crippen molar-refractivity contribution in [3.05, 3.63) is 32.9 Å². The molecule has 1 aliphatic rings. The molecule has 1 aromatic rings. The molecule has 0 radical (unpaired) electrons. The molecule has 108 valence electrons. The van der Waals surface area contributed by atoms with Crippen molar-refractivity contribution in [1.82, 2.24) is 5.32 Å². The van der Waals surface area contributed by atoms with Crippen molar-refractivity contribution >= 4 is 34.5 Å². The fourth-order valence-electron chi connectivity index (χ4n) is 2.34. The van der Waals surface area contributed by atoms with Gasteiger partial charge < -0.3 is 15.2 Å². The Morgan fingerprint density at radius 2 is 2.25 bits per heavy atom. The summed E-state index contributed by atoms with van der Waals surface area (Å²) in [4.78, 5) is 23.4. The van der Waals surface area contributed by atoms with Crippen LogP contribution in [-0.2, 0) is 9.53 Å². The molecule has 1 amide bonds.